The van der Waals surface area contributed by atoms with Gasteiger partial charge in [0.25, 0.3) is 0 Å². The highest BCUT2D eigenvalue weighted by atomic mass is 16.5. The van der Waals surface area contributed by atoms with Crippen LogP contribution in [0.5, 0.6) is 0 Å². The lowest BCUT2D eigenvalue weighted by Crippen LogP contribution is -2.49. The number of rotatable bonds is 8. The zero-order valence-corrected chi connectivity index (χ0v) is 14.2. The number of benzene rings is 1. The van der Waals surface area contributed by atoms with Crippen LogP contribution >= 0.6 is 0 Å². The van der Waals surface area contributed by atoms with Gasteiger partial charge in [0.05, 0.1) is 12.7 Å². The van der Waals surface area contributed by atoms with Crippen molar-refractivity contribution in [3.05, 3.63) is 30.3 Å². The highest BCUT2D eigenvalue weighted by molar-refractivity contribution is 5.46. The monoisotopic (exact) mass is 306 g/mol. The smallest absolute Gasteiger partial charge is 0.0934 e. The zero-order chi connectivity index (χ0) is 15.8. The van der Waals surface area contributed by atoms with Crippen molar-refractivity contribution in [1.82, 2.24) is 4.90 Å². The molecule has 0 saturated carbocycles. The fourth-order valence-electron chi connectivity index (χ4n) is 2.78. The molecule has 1 fully saturated rings. The van der Waals surface area contributed by atoms with Gasteiger partial charge in [-0.05, 0) is 18.1 Å². The fraction of sp³-hybridized carbons (Fsp3) is 0.667. The van der Waals surface area contributed by atoms with Crippen LogP contribution in [0, 0.1) is 5.92 Å². The molecule has 1 aromatic carbocycles. The van der Waals surface area contributed by atoms with E-state index in [2.05, 4.69) is 54.0 Å². The molecule has 1 saturated heterocycles. The van der Waals surface area contributed by atoms with E-state index in [1.807, 2.05) is 0 Å². The molecule has 0 aliphatic carbocycles. The van der Waals surface area contributed by atoms with Gasteiger partial charge in [0.15, 0.2) is 0 Å². The van der Waals surface area contributed by atoms with E-state index in [1.54, 1.807) is 7.11 Å². The maximum absolute atomic E-state index is 5.98. The van der Waals surface area contributed by atoms with Crippen LogP contribution < -0.4 is 4.90 Å². The maximum atomic E-state index is 5.98. The molecule has 1 aliphatic heterocycles. The normalized spacial score (nSPS) is 17.9. The van der Waals surface area contributed by atoms with Gasteiger partial charge in [-0.15, -0.1) is 0 Å². The third-order valence-electron chi connectivity index (χ3n) is 3.97. The molecule has 1 aromatic rings. The molecular weight excluding hydrogens is 276 g/mol. The quantitative estimate of drug-likeness (QED) is 0.737. The van der Waals surface area contributed by atoms with Crippen LogP contribution in [0.25, 0.3) is 0 Å². The molecule has 4 heteroatoms. The highest BCUT2D eigenvalue weighted by Crippen LogP contribution is 2.16. The van der Waals surface area contributed by atoms with Gasteiger partial charge in [0.1, 0.15) is 0 Å². The van der Waals surface area contributed by atoms with Crippen molar-refractivity contribution < 1.29 is 9.47 Å². The summed E-state index contributed by atoms with van der Waals surface area (Å²) in [6.45, 7) is 11.1. The Kier molecular flexibility index (Phi) is 7.16. The van der Waals surface area contributed by atoms with Gasteiger partial charge >= 0.3 is 0 Å². The maximum Gasteiger partial charge on any atom is 0.0934 e. The van der Waals surface area contributed by atoms with Gasteiger partial charge in [-0.3, -0.25) is 4.90 Å². The Balaban J connectivity index is 1.77. The molecular formula is C18H30N2O2. The summed E-state index contributed by atoms with van der Waals surface area (Å²) in [5.74, 6) is 0.564. The van der Waals surface area contributed by atoms with Gasteiger partial charge < -0.3 is 14.4 Å². The van der Waals surface area contributed by atoms with E-state index in [0.717, 1.165) is 39.3 Å². The van der Waals surface area contributed by atoms with Crippen molar-refractivity contribution >= 4 is 5.69 Å². The second-order valence-corrected chi connectivity index (χ2v) is 6.43. The number of para-hydroxylation sites is 1. The summed E-state index contributed by atoms with van der Waals surface area (Å²) in [4.78, 5) is 4.94. The summed E-state index contributed by atoms with van der Waals surface area (Å²) in [7, 11) is 1.75. The number of hydrogen-bond donors (Lipinski definition) is 0. The van der Waals surface area contributed by atoms with Crippen molar-refractivity contribution in [3.8, 4) is 0 Å². The molecule has 0 spiro atoms. The molecule has 0 radical (unpaired) electrons. The standard InChI is InChI=1S/C18H30N2O2/c1-16(2)14-22-18(15-21-3)13-19-9-11-20(12-10-19)17-7-5-4-6-8-17/h4-8,16,18H,9-15H2,1-3H3/t18-/m0/s1. The number of piperazine rings is 1. The third kappa shape index (κ3) is 5.59. The first-order chi connectivity index (χ1) is 10.7. The third-order valence-corrected chi connectivity index (χ3v) is 3.97. The summed E-state index contributed by atoms with van der Waals surface area (Å²) in [6, 6.07) is 10.7. The minimum absolute atomic E-state index is 0.177. The largest absolute Gasteiger partial charge is 0.382 e. The topological polar surface area (TPSA) is 24.9 Å². The van der Waals surface area contributed by atoms with Crippen molar-refractivity contribution in [2.24, 2.45) is 5.92 Å². The van der Waals surface area contributed by atoms with Gasteiger partial charge in [0, 0.05) is 52.1 Å². The Morgan fingerprint density at radius 3 is 2.27 bits per heavy atom. The van der Waals surface area contributed by atoms with Crippen LogP contribution in [0.4, 0.5) is 5.69 Å². The summed E-state index contributed by atoms with van der Waals surface area (Å²) in [6.07, 6.45) is 0.177. The zero-order valence-electron chi connectivity index (χ0n) is 14.2. The first-order valence-electron chi connectivity index (χ1n) is 8.32. The van der Waals surface area contributed by atoms with Crippen LogP contribution in [-0.4, -0.2) is 64.1 Å². The van der Waals surface area contributed by atoms with E-state index < -0.39 is 0 Å². The van der Waals surface area contributed by atoms with Crippen molar-refractivity contribution in [1.29, 1.82) is 0 Å². The molecule has 0 N–H and O–H groups in total. The summed E-state index contributed by atoms with van der Waals surface area (Å²) in [5.41, 5.74) is 1.33. The van der Waals surface area contributed by atoms with Crippen LogP contribution in [0.2, 0.25) is 0 Å². The Bertz CT molecular complexity index is 403. The summed E-state index contributed by atoms with van der Waals surface area (Å²) >= 11 is 0. The second-order valence-electron chi connectivity index (χ2n) is 6.43. The molecule has 22 heavy (non-hydrogen) atoms. The first kappa shape index (κ1) is 17.3. The molecule has 124 valence electrons. The molecule has 1 heterocycles. The number of ether oxygens (including phenoxy) is 2. The lowest BCUT2D eigenvalue weighted by atomic mass is 10.2. The minimum atomic E-state index is 0.177. The molecule has 2 rings (SSSR count). The van der Waals surface area contributed by atoms with Crippen LogP contribution in [-0.2, 0) is 9.47 Å². The first-order valence-corrected chi connectivity index (χ1v) is 8.32. The number of anilines is 1. The van der Waals surface area contributed by atoms with E-state index in [4.69, 9.17) is 9.47 Å². The van der Waals surface area contributed by atoms with Crippen LogP contribution in [0.1, 0.15) is 13.8 Å². The number of hydrogen-bond acceptors (Lipinski definition) is 4. The average Bonchev–Trinajstić information content (AvgIpc) is 2.54. The molecule has 0 aromatic heterocycles. The van der Waals surface area contributed by atoms with Crippen molar-refractivity contribution in [3.63, 3.8) is 0 Å². The second kappa shape index (κ2) is 9.13. The summed E-state index contributed by atoms with van der Waals surface area (Å²) in [5, 5.41) is 0. The highest BCUT2D eigenvalue weighted by Gasteiger charge is 2.20. The van der Waals surface area contributed by atoms with E-state index in [0.29, 0.717) is 12.5 Å². The van der Waals surface area contributed by atoms with Gasteiger partial charge in [-0.25, -0.2) is 0 Å². The van der Waals surface area contributed by atoms with E-state index in [9.17, 15) is 0 Å². The number of methoxy groups -OCH3 is 1. The van der Waals surface area contributed by atoms with E-state index >= 15 is 0 Å². The SMILES string of the molecule is COC[C@H](CN1CCN(c2ccccc2)CC1)OCC(C)C. The van der Waals surface area contributed by atoms with Gasteiger partial charge in [-0.2, -0.15) is 0 Å². The van der Waals surface area contributed by atoms with Gasteiger partial charge in [0.2, 0.25) is 0 Å². The van der Waals surface area contributed by atoms with Gasteiger partial charge in [-0.1, -0.05) is 32.0 Å². The fourth-order valence-corrected chi connectivity index (χ4v) is 2.78. The predicted octanol–water partition coefficient (Wildman–Crippen LogP) is 2.50. The lowest BCUT2D eigenvalue weighted by molar-refractivity contribution is -0.0304. The Morgan fingerprint density at radius 2 is 1.68 bits per heavy atom. The molecule has 0 unspecified atom stereocenters. The molecule has 0 amide bonds. The predicted molar refractivity (Wildman–Crippen MR) is 91.5 cm³/mol. The molecule has 0 bridgehead atoms. The molecule has 1 aliphatic rings. The molecule has 1 atom stereocenters. The Labute approximate surface area is 135 Å². The Hall–Kier alpha value is -1.10. The van der Waals surface area contributed by atoms with Crippen molar-refractivity contribution in [2.75, 3.05) is 57.9 Å². The molecule has 4 nitrogen and oxygen atoms in total. The Morgan fingerprint density at radius 1 is 1.00 bits per heavy atom. The van der Waals surface area contributed by atoms with E-state index in [1.165, 1.54) is 5.69 Å². The van der Waals surface area contributed by atoms with Crippen LogP contribution in [0.3, 0.4) is 0 Å². The summed E-state index contributed by atoms with van der Waals surface area (Å²) < 4.78 is 11.3. The van der Waals surface area contributed by atoms with Crippen molar-refractivity contribution in [2.45, 2.75) is 20.0 Å². The lowest BCUT2D eigenvalue weighted by Gasteiger charge is -2.37. The van der Waals surface area contributed by atoms with Crippen LogP contribution in [0.15, 0.2) is 30.3 Å². The minimum Gasteiger partial charge on any atom is -0.382 e. The van der Waals surface area contributed by atoms with E-state index in [-0.39, 0.29) is 6.10 Å². The average molecular weight is 306 g/mol. The number of nitrogens with zero attached hydrogens (tertiary/aromatic N) is 2.